The second-order valence-corrected chi connectivity index (χ2v) is 8.22. The predicted octanol–water partition coefficient (Wildman–Crippen LogP) is 3.91. The Kier molecular flexibility index (Phi) is 5.77. The van der Waals surface area contributed by atoms with Crippen LogP contribution in [0.5, 0.6) is 0 Å². The van der Waals surface area contributed by atoms with Gasteiger partial charge in [-0.2, -0.15) is 0 Å². The van der Waals surface area contributed by atoms with Gasteiger partial charge in [-0.15, -0.1) is 0 Å². The average Bonchev–Trinajstić information content (AvgIpc) is 2.90. The van der Waals surface area contributed by atoms with E-state index in [2.05, 4.69) is 17.4 Å². The van der Waals surface area contributed by atoms with Gasteiger partial charge in [0.1, 0.15) is 6.04 Å². The van der Waals surface area contributed by atoms with Crippen LogP contribution in [-0.2, 0) is 17.6 Å². The number of hydrogen-bond donors (Lipinski definition) is 2. The lowest BCUT2D eigenvalue weighted by molar-refractivity contribution is -0.138. The molecule has 1 aliphatic heterocycles. The Morgan fingerprint density at radius 3 is 2.60 bits per heavy atom. The van der Waals surface area contributed by atoms with Crippen LogP contribution >= 0.6 is 11.6 Å². The number of aromatic nitrogens is 1. The molecule has 30 heavy (non-hydrogen) atoms. The van der Waals surface area contributed by atoms with Crippen molar-refractivity contribution in [3.8, 4) is 0 Å². The smallest absolute Gasteiger partial charge is 0.325 e. The van der Waals surface area contributed by atoms with E-state index in [1.54, 1.807) is 4.90 Å². The van der Waals surface area contributed by atoms with Crippen molar-refractivity contribution in [1.29, 1.82) is 0 Å². The van der Waals surface area contributed by atoms with Crippen LogP contribution in [0.4, 0.5) is 4.79 Å². The highest BCUT2D eigenvalue weighted by atomic mass is 35.5. The summed E-state index contributed by atoms with van der Waals surface area (Å²) in [6, 6.07) is 8.90. The molecule has 1 saturated heterocycles. The molecule has 1 fully saturated rings. The van der Waals surface area contributed by atoms with Crippen LogP contribution in [0.2, 0.25) is 5.02 Å². The summed E-state index contributed by atoms with van der Waals surface area (Å²) in [5, 5.41) is 12.3. The Labute approximate surface area is 180 Å². The van der Waals surface area contributed by atoms with Crippen LogP contribution < -0.4 is 5.32 Å². The van der Waals surface area contributed by atoms with Crippen molar-refractivity contribution < 1.29 is 14.7 Å². The maximum atomic E-state index is 12.4. The average molecular weight is 426 g/mol. The number of pyridine rings is 1. The lowest BCUT2D eigenvalue weighted by atomic mass is 9.88. The van der Waals surface area contributed by atoms with E-state index in [1.807, 2.05) is 24.4 Å². The summed E-state index contributed by atoms with van der Waals surface area (Å²) in [7, 11) is 0. The van der Waals surface area contributed by atoms with Crippen molar-refractivity contribution in [1.82, 2.24) is 15.2 Å². The zero-order valence-corrected chi connectivity index (χ0v) is 17.6. The molecule has 0 spiro atoms. The van der Waals surface area contributed by atoms with E-state index in [4.69, 9.17) is 21.7 Å². The van der Waals surface area contributed by atoms with Gasteiger partial charge in [0.25, 0.3) is 0 Å². The van der Waals surface area contributed by atoms with E-state index in [0.29, 0.717) is 13.1 Å². The molecular weight excluding hydrogens is 402 g/mol. The summed E-state index contributed by atoms with van der Waals surface area (Å²) in [5.41, 5.74) is 7.07. The number of likely N-dealkylation sites (tertiary alicyclic amines) is 1. The Morgan fingerprint density at radius 2 is 1.87 bits per heavy atom. The first-order valence-corrected chi connectivity index (χ1v) is 10.5. The van der Waals surface area contributed by atoms with Gasteiger partial charge >= 0.3 is 12.0 Å². The molecule has 2 amide bonds. The van der Waals surface area contributed by atoms with E-state index < -0.39 is 12.0 Å². The Balaban J connectivity index is 1.65. The first-order valence-electron chi connectivity index (χ1n) is 10.2. The number of fused-ring (bicyclic) bond motifs is 2. The number of halogens is 1. The third-order valence-electron chi connectivity index (χ3n) is 5.85. The molecule has 1 aromatic carbocycles. The maximum absolute atomic E-state index is 12.4. The first-order chi connectivity index (χ1) is 14.4. The topological polar surface area (TPSA) is 82.5 Å². The molecule has 0 radical (unpaired) electrons. The normalized spacial score (nSPS) is 16.9. The number of aryl methyl sites for hydroxylation is 2. The molecule has 7 heteroatoms. The van der Waals surface area contributed by atoms with Gasteiger partial charge in [0, 0.05) is 29.9 Å². The number of nitrogens with one attached hydrogen (secondary N) is 1. The summed E-state index contributed by atoms with van der Waals surface area (Å²) in [6.07, 6.45) is 5.10. The molecule has 1 aromatic heterocycles. The number of carboxylic acids is 1. The van der Waals surface area contributed by atoms with E-state index in [-0.39, 0.29) is 6.03 Å². The second kappa shape index (κ2) is 8.48. The van der Waals surface area contributed by atoms with E-state index in [0.717, 1.165) is 42.0 Å². The fourth-order valence-corrected chi connectivity index (χ4v) is 4.40. The highest BCUT2D eigenvalue weighted by Gasteiger charge is 2.27. The number of urea groups is 1. The minimum Gasteiger partial charge on any atom is -0.480 e. The summed E-state index contributed by atoms with van der Waals surface area (Å²) in [4.78, 5) is 29.8. The third kappa shape index (κ3) is 4.05. The summed E-state index contributed by atoms with van der Waals surface area (Å²) in [6.45, 7) is 2.55. The first kappa shape index (κ1) is 20.4. The van der Waals surface area contributed by atoms with Gasteiger partial charge in [0.15, 0.2) is 0 Å². The number of nitrogens with zero attached hydrogens (tertiary/aromatic N) is 2. The fourth-order valence-electron chi connectivity index (χ4n) is 4.20. The monoisotopic (exact) mass is 425 g/mol. The molecule has 2 N–H and O–H groups in total. The predicted molar refractivity (Wildman–Crippen MR) is 116 cm³/mol. The third-order valence-corrected chi connectivity index (χ3v) is 6.08. The van der Waals surface area contributed by atoms with Crippen molar-refractivity contribution in [3.63, 3.8) is 0 Å². The van der Waals surface area contributed by atoms with Crippen LogP contribution in [0.25, 0.3) is 5.57 Å². The Bertz CT molecular complexity index is 1020. The van der Waals surface area contributed by atoms with Crippen molar-refractivity contribution in [3.05, 3.63) is 69.5 Å². The zero-order chi connectivity index (χ0) is 21.3. The van der Waals surface area contributed by atoms with E-state index >= 15 is 0 Å². The van der Waals surface area contributed by atoms with Crippen LogP contribution in [0.15, 0.2) is 42.1 Å². The molecule has 2 aromatic rings. The van der Waals surface area contributed by atoms with Crippen molar-refractivity contribution >= 4 is 29.2 Å². The van der Waals surface area contributed by atoms with Gasteiger partial charge in [-0.25, -0.2) is 4.79 Å². The number of carboxylic acid groups (broad SMARTS) is 1. The molecule has 4 rings (SSSR count). The standard InChI is InChI=1S/C23H24ClN3O3/c1-14(22(28)29)26-23(30)27-11-8-15(9-12-27)20-19-7-6-18(24)13-17(19)5-4-16-3-2-10-25-21(16)20/h2-3,6-7,10,13-14H,4-5,8-9,11-12H2,1H3,(H,26,30)(H,28,29)/t14-/m1/s1. The van der Waals surface area contributed by atoms with Crippen molar-refractivity contribution in [2.45, 2.75) is 38.6 Å². The number of amides is 2. The Morgan fingerprint density at radius 1 is 1.13 bits per heavy atom. The van der Waals surface area contributed by atoms with Gasteiger partial charge in [0.05, 0.1) is 5.69 Å². The van der Waals surface area contributed by atoms with Gasteiger partial charge in [-0.05, 0) is 67.5 Å². The largest absolute Gasteiger partial charge is 0.480 e. The van der Waals surface area contributed by atoms with Crippen LogP contribution in [0.3, 0.4) is 0 Å². The molecule has 2 aliphatic rings. The molecule has 0 unspecified atom stereocenters. The fraction of sp³-hybridized carbons (Fsp3) is 0.348. The van der Waals surface area contributed by atoms with Gasteiger partial charge in [-0.3, -0.25) is 9.78 Å². The maximum Gasteiger partial charge on any atom is 0.325 e. The summed E-state index contributed by atoms with van der Waals surface area (Å²) >= 11 is 6.27. The minimum atomic E-state index is -1.04. The number of carbonyl (C=O) groups is 2. The van der Waals surface area contributed by atoms with Crippen LogP contribution in [0.1, 0.15) is 42.1 Å². The van der Waals surface area contributed by atoms with Crippen molar-refractivity contribution in [2.24, 2.45) is 0 Å². The molecule has 2 heterocycles. The van der Waals surface area contributed by atoms with Crippen LogP contribution in [0, 0.1) is 0 Å². The lowest BCUT2D eigenvalue weighted by Crippen LogP contribution is -2.48. The molecule has 0 saturated carbocycles. The molecule has 156 valence electrons. The highest BCUT2D eigenvalue weighted by molar-refractivity contribution is 6.30. The highest BCUT2D eigenvalue weighted by Crippen LogP contribution is 2.38. The molecule has 6 nitrogen and oxygen atoms in total. The van der Waals surface area contributed by atoms with Crippen LogP contribution in [-0.4, -0.2) is 46.1 Å². The Hall–Kier alpha value is -2.86. The molecule has 1 atom stereocenters. The van der Waals surface area contributed by atoms with Gasteiger partial charge in [-0.1, -0.05) is 29.3 Å². The number of aliphatic carboxylic acids is 1. The van der Waals surface area contributed by atoms with E-state index in [1.165, 1.54) is 29.2 Å². The number of benzene rings is 1. The molecule has 1 aliphatic carbocycles. The zero-order valence-electron chi connectivity index (χ0n) is 16.8. The van der Waals surface area contributed by atoms with Crippen molar-refractivity contribution in [2.75, 3.05) is 13.1 Å². The number of carbonyl (C=O) groups excluding carboxylic acids is 1. The number of rotatable bonds is 2. The van der Waals surface area contributed by atoms with Gasteiger partial charge < -0.3 is 15.3 Å². The summed E-state index contributed by atoms with van der Waals surface area (Å²) in [5.74, 6) is -1.04. The second-order valence-electron chi connectivity index (χ2n) is 7.79. The van der Waals surface area contributed by atoms with E-state index in [9.17, 15) is 9.59 Å². The quantitative estimate of drug-likeness (QED) is 0.764. The minimum absolute atomic E-state index is 0.333. The SMILES string of the molecule is C[C@@H](NC(=O)N1CCC(=C2c3ccc(Cl)cc3CCc3cccnc32)CC1)C(=O)O. The molecular formula is C23H24ClN3O3. The summed E-state index contributed by atoms with van der Waals surface area (Å²) < 4.78 is 0. The number of hydrogen-bond acceptors (Lipinski definition) is 3. The lowest BCUT2D eigenvalue weighted by Gasteiger charge is -2.31. The number of piperidine rings is 1. The van der Waals surface area contributed by atoms with Gasteiger partial charge in [0.2, 0.25) is 0 Å². The molecule has 0 bridgehead atoms.